The topological polar surface area (TPSA) is 130 Å². The van der Waals surface area contributed by atoms with Gasteiger partial charge in [-0.15, -0.1) is 0 Å². The molecule has 1 aromatic heterocycles. The lowest BCUT2D eigenvalue weighted by Gasteiger charge is -2.25. The molecule has 1 aliphatic carbocycles. The monoisotopic (exact) mass is 632 g/mol. The van der Waals surface area contributed by atoms with Crippen molar-refractivity contribution in [1.82, 2.24) is 15.2 Å². The number of nitrogens with one attached hydrogen (secondary N) is 3. The molecule has 11 heteroatoms. The lowest BCUT2D eigenvalue weighted by Crippen LogP contribution is -2.42. The van der Waals surface area contributed by atoms with Crippen molar-refractivity contribution in [3.8, 4) is 11.5 Å². The number of nitrogens with zero attached hydrogens (tertiary/aromatic N) is 1. The smallest absolute Gasteiger partial charge is 0.256 e. The minimum atomic E-state index is -3.78. The minimum absolute atomic E-state index is 0.000415. The summed E-state index contributed by atoms with van der Waals surface area (Å²) in [4.78, 5) is 32.3. The fourth-order valence-electron chi connectivity index (χ4n) is 6.37. The fourth-order valence-corrected chi connectivity index (χ4v) is 7.72. The van der Waals surface area contributed by atoms with Crippen LogP contribution in [-0.4, -0.2) is 70.0 Å². The van der Waals surface area contributed by atoms with Gasteiger partial charge in [0.1, 0.15) is 11.5 Å². The maximum absolute atomic E-state index is 13.8. The third kappa shape index (κ3) is 6.37. The van der Waals surface area contributed by atoms with Gasteiger partial charge >= 0.3 is 0 Å². The van der Waals surface area contributed by atoms with Gasteiger partial charge < -0.3 is 30.0 Å². The van der Waals surface area contributed by atoms with Crippen LogP contribution in [0.4, 0.5) is 5.69 Å². The summed E-state index contributed by atoms with van der Waals surface area (Å²) in [5.74, 6) is 1.17. The second-order valence-corrected chi connectivity index (χ2v) is 14.2. The molecule has 6 rings (SSSR count). The van der Waals surface area contributed by atoms with Gasteiger partial charge in [-0.25, -0.2) is 8.42 Å². The number of aromatic amines is 1. The first kappa shape index (κ1) is 30.9. The van der Waals surface area contributed by atoms with E-state index in [9.17, 15) is 18.0 Å². The molecule has 0 unspecified atom stereocenters. The molecule has 1 atom stereocenters. The van der Waals surface area contributed by atoms with E-state index in [0.29, 0.717) is 45.1 Å². The van der Waals surface area contributed by atoms with Crippen LogP contribution in [0.2, 0.25) is 0 Å². The maximum atomic E-state index is 13.8. The largest absolute Gasteiger partial charge is 0.497 e. The van der Waals surface area contributed by atoms with E-state index < -0.39 is 9.84 Å². The molecule has 0 spiro atoms. The molecule has 10 nitrogen and oxygen atoms in total. The summed E-state index contributed by atoms with van der Waals surface area (Å²) in [6.45, 7) is 6.30. The zero-order valence-electron chi connectivity index (χ0n) is 26.2. The molecule has 0 radical (unpaired) electrons. The van der Waals surface area contributed by atoms with Gasteiger partial charge in [0.2, 0.25) is 0 Å². The van der Waals surface area contributed by atoms with E-state index >= 15 is 0 Å². The van der Waals surface area contributed by atoms with Crippen molar-refractivity contribution in [3.63, 3.8) is 0 Å². The number of hydrogen-bond donors (Lipinski definition) is 3. The summed E-state index contributed by atoms with van der Waals surface area (Å²) in [6, 6.07) is 9.81. The minimum Gasteiger partial charge on any atom is -0.497 e. The molecular weight excluding hydrogens is 592 g/mol. The Morgan fingerprint density at radius 3 is 2.47 bits per heavy atom. The highest BCUT2D eigenvalue weighted by atomic mass is 32.2. The van der Waals surface area contributed by atoms with Gasteiger partial charge in [0, 0.05) is 47.8 Å². The maximum Gasteiger partial charge on any atom is 0.256 e. The summed E-state index contributed by atoms with van der Waals surface area (Å²) in [5, 5.41) is 6.39. The highest BCUT2D eigenvalue weighted by Gasteiger charge is 2.33. The molecule has 2 aromatic carbocycles. The number of anilines is 1. The molecule has 238 valence electrons. The third-order valence-corrected chi connectivity index (χ3v) is 10.7. The molecule has 2 aliphatic heterocycles. The van der Waals surface area contributed by atoms with E-state index in [1.165, 1.54) is 39.2 Å². The number of carbonyl (C=O) groups is 2. The highest BCUT2D eigenvalue weighted by Crippen LogP contribution is 2.37. The Bertz CT molecular complexity index is 1770. The second-order valence-electron chi connectivity index (χ2n) is 12.3. The molecule has 0 bridgehead atoms. The molecule has 3 N–H and O–H groups in total. The first-order valence-electron chi connectivity index (χ1n) is 15.4. The number of hydrogen-bond acceptors (Lipinski definition) is 7. The number of aromatic nitrogens is 1. The van der Waals surface area contributed by atoms with Crippen LogP contribution in [0.3, 0.4) is 0 Å². The number of benzene rings is 2. The van der Waals surface area contributed by atoms with Gasteiger partial charge in [0.15, 0.2) is 9.84 Å². The van der Waals surface area contributed by atoms with E-state index in [2.05, 4.69) is 15.6 Å². The molecule has 2 amide bonds. The normalized spacial score (nSPS) is 18.8. The Labute approximate surface area is 264 Å². The summed E-state index contributed by atoms with van der Waals surface area (Å²) in [5.41, 5.74) is 4.65. The molecule has 3 heterocycles. The number of aryl methyl sites for hydroxylation is 1. The third-order valence-electron chi connectivity index (χ3n) is 9.03. The van der Waals surface area contributed by atoms with Gasteiger partial charge in [0.05, 0.1) is 36.0 Å². The van der Waals surface area contributed by atoms with E-state index in [-0.39, 0.29) is 28.5 Å². The molecule has 1 saturated carbocycles. The summed E-state index contributed by atoms with van der Waals surface area (Å²) in [7, 11) is -0.766. The van der Waals surface area contributed by atoms with Crippen molar-refractivity contribution in [2.75, 3.05) is 39.2 Å². The quantitative estimate of drug-likeness (QED) is 0.261. The van der Waals surface area contributed by atoms with Crippen LogP contribution in [0.25, 0.3) is 11.6 Å². The number of H-pyrrole nitrogens is 1. The van der Waals surface area contributed by atoms with Crippen molar-refractivity contribution in [2.24, 2.45) is 5.92 Å². The Hall–Kier alpha value is -4.09. The number of methoxy groups -OCH3 is 2. The number of sulfone groups is 1. The fraction of sp³-hybridized carbons (Fsp3) is 0.412. The molecule has 3 aromatic rings. The van der Waals surface area contributed by atoms with Gasteiger partial charge in [-0.05, 0) is 99.5 Å². The first-order valence-corrected chi connectivity index (χ1v) is 17.1. The average molecular weight is 633 g/mol. The molecule has 45 heavy (non-hydrogen) atoms. The Morgan fingerprint density at radius 2 is 1.78 bits per heavy atom. The zero-order valence-corrected chi connectivity index (χ0v) is 27.0. The van der Waals surface area contributed by atoms with Crippen LogP contribution in [-0.2, 0) is 20.4 Å². The predicted molar refractivity (Wildman–Crippen MR) is 173 cm³/mol. The van der Waals surface area contributed by atoms with Gasteiger partial charge in [-0.1, -0.05) is 0 Å². The summed E-state index contributed by atoms with van der Waals surface area (Å²) < 4.78 is 37.6. The standard InChI is InChI=1S/C34H40N4O6S/c1-20-31(36-21(2)32(20)34(40)38-11-5-6-24(38)18-35-17-22-7-8-22)16-29-28-15-27(9-10-30(28)37-33(29)39)45(41,42)19-23-12-25(43-3)14-26(13-23)44-4/h9-10,12-16,22,24,35-36H,5-8,11,17-19H2,1-4H3,(H,37,39)/b29-16-/t24-/m1/s1. The van der Waals surface area contributed by atoms with Gasteiger partial charge in [-0.3, -0.25) is 9.59 Å². The highest BCUT2D eigenvalue weighted by molar-refractivity contribution is 7.90. The molecule has 3 aliphatic rings. The van der Waals surface area contributed by atoms with Gasteiger partial charge in [0.25, 0.3) is 11.8 Å². The van der Waals surface area contributed by atoms with Crippen LogP contribution in [0.1, 0.15) is 64.1 Å². The van der Waals surface area contributed by atoms with E-state index in [1.807, 2.05) is 18.7 Å². The summed E-state index contributed by atoms with van der Waals surface area (Å²) >= 11 is 0. The van der Waals surface area contributed by atoms with Crippen LogP contribution < -0.4 is 20.1 Å². The number of rotatable bonds is 11. The molecular formula is C34H40N4O6S. The average Bonchev–Trinajstić information content (AvgIpc) is 3.51. The van der Waals surface area contributed by atoms with Crippen LogP contribution >= 0.6 is 0 Å². The number of amides is 2. The van der Waals surface area contributed by atoms with Gasteiger partial charge in [-0.2, -0.15) is 0 Å². The van der Waals surface area contributed by atoms with E-state index in [4.69, 9.17) is 9.47 Å². The van der Waals surface area contributed by atoms with E-state index in [0.717, 1.165) is 49.7 Å². The second kappa shape index (κ2) is 12.4. The zero-order chi connectivity index (χ0) is 31.9. The summed E-state index contributed by atoms with van der Waals surface area (Å²) in [6.07, 6.45) is 6.25. The van der Waals surface area contributed by atoms with Crippen LogP contribution in [0, 0.1) is 19.8 Å². The Kier molecular flexibility index (Phi) is 8.49. The van der Waals surface area contributed by atoms with Crippen molar-refractivity contribution < 1.29 is 27.5 Å². The van der Waals surface area contributed by atoms with Crippen molar-refractivity contribution in [3.05, 3.63) is 70.0 Å². The predicted octanol–water partition coefficient (Wildman–Crippen LogP) is 4.72. The molecule has 1 saturated heterocycles. The van der Waals surface area contributed by atoms with Crippen molar-refractivity contribution >= 4 is 39.0 Å². The lowest BCUT2D eigenvalue weighted by atomic mass is 10.0. The SMILES string of the molecule is COc1cc(CS(=O)(=O)c2ccc3c(c2)/C(=C/c2[nH]c(C)c(C(=O)N4CCC[C@@H]4CNCC4CC4)c2C)C(=O)N3)cc(OC)c1. The van der Waals surface area contributed by atoms with Crippen molar-refractivity contribution in [1.29, 1.82) is 0 Å². The number of likely N-dealkylation sites (tertiary alicyclic amines) is 1. The number of carbonyl (C=O) groups excluding carboxylic acids is 2. The lowest BCUT2D eigenvalue weighted by molar-refractivity contribution is -0.110. The number of fused-ring (bicyclic) bond motifs is 1. The van der Waals surface area contributed by atoms with Crippen molar-refractivity contribution in [2.45, 2.75) is 56.2 Å². The molecule has 2 fully saturated rings. The number of ether oxygens (including phenoxy) is 2. The first-order chi connectivity index (χ1) is 21.6. The Balaban J connectivity index is 1.26. The Morgan fingerprint density at radius 1 is 1.04 bits per heavy atom. The van der Waals surface area contributed by atoms with E-state index in [1.54, 1.807) is 30.3 Å². The van der Waals surface area contributed by atoms with Crippen LogP contribution in [0.5, 0.6) is 11.5 Å². The van der Waals surface area contributed by atoms with Crippen LogP contribution in [0.15, 0.2) is 41.3 Å².